The maximum atomic E-state index is 2.45. The molecule has 5 atom stereocenters. The first-order valence-electron chi connectivity index (χ1n) is 6.93. The molecule has 0 nitrogen and oxygen atoms in total. The third-order valence-corrected chi connectivity index (χ3v) is 4.74. The molecule has 15 heavy (non-hydrogen) atoms. The van der Waals surface area contributed by atoms with Crippen LogP contribution in [0, 0.1) is 29.6 Å². The van der Waals surface area contributed by atoms with Crippen molar-refractivity contribution in [2.24, 2.45) is 29.6 Å². The fourth-order valence-electron chi connectivity index (χ4n) is 2.42. The number of hydrogen-bond donors (Lipinski definition) is 0. The molecule has 92 valence electrons. The second-order valence-corrected chi connectivity index (χ2v) is 5.83. The molecule has 0 bridgehead atoms. The van der Waals surface area contributed by atoms with Gasteiger partial charge in [-0.05, 0) is 36.0 Å². The summed E-state index contributed by atoms with van der Waals surface area (Å²) in [5.74, 6) is 4.39. The highest BCUT2D eigenvalue weighted by atomic mass is 14.3. The molecule has 0 aromatic carbocycles. The van der Waals surface area contributed by atoms with Gasteiger partial charge in [0.2, 0.25) is 0 Å². The summed E-state index contributed by atoms with van der Waals surface area (Å²) in [4.78, 5) is 0. The fourth-order valence-corrected chi connectivity index (χ4v) is 2.42. The van der Waals surface area contributed by atoms with Crippen LogP contribution in [0.15, 0.2) is 0 Å². The van der Waals surface area contributed by atoms with Gasteiger partial charge in [-0.3, -0.25) is 0 Å². The first-order valence-corrected chi connectivity index (χ1v) is 6.93. The van der Waals surface area contributed by atoms with Gasteiger partial charge < -0.3 is 0 Å². The summed E-state index contributed by atoms with van der Waals surface area (Å²) in [5.41, 5.74) is 0. The highest BCUT2D eigenvalue weighted by Crippen LogP contribution is 2.32. The molecule has 0 rings (SSSR count). The van der Waals surface area contributed by atoms with Crippen molar-refractivity contribution in [3.05, 3.63) is 0 Å². The van der Waals surface area contributed by atoms with Crippen LogP contribution < -0.4 is 0 Å². The van der Waals surface area contributed by atoms with Gasteiger partial charge in [0, 0.05) is 0 Å². The zero-order valence-corrected chi connectivity index (χ0v) is 12.0. The lowest BCUT2D eigenvalue weighted by molar-refractivity contribution is 0.186. The molecule has 0 spiro atoms. The van der Waals surface area contributed by atoms with Gasteiger partial charge in [-0.15, -0.1) is 0 Å². The van der Waals surface area contributed by atoms with Crippen molar-refractivity contribution in [1.29, 1.82) is 0 Å². The predicted molar refractivity (Wildman–Crippen MR) is 71.0 cm³/mol. The fraction of sp³-hybridized carbons (Fsp3) is 1.00. The summed E-state index contributed by atoms with van der Waals surface area (Å²) in [7, 11) is 0. The molecular weight excluding hydrogens is 180 g/mol. The summed E-state index contributed by atoms with van der Waals surface area (Å²) in [5, 5.41) is 0. The Morgan fingerprint density at radius 1 is 0.667 bits per heavy atom. The minimum atomic E-state index is 0.869. The molecule has 0 heteroatoms. The second-order valence-electron chi connectivity index (χ2n) is 5.83. The summed E-state index contributed by atoms with van der Waals surface area (Å²) in [6, 6.07) is 0. The molecule has 0 fully saturated rings. The Bertz CT molecular complexity index is 150. The molecule has 0 aromatic heterocycles. The van der Waals surface area contributed by atoms with E-state index in [1.807, 2.05) is 0 Å². The van der Waals surface area contributed by atoms with E-state index in [2.05, 4.69) is 48.5 Å². The average molecular weight is 212 g/mol. The minimum absolute atomic E-state index is 0.869. The van der Waals surface area contributed by atoms with Crippen molar-refractivity contribution in [2.75, 3.05) is 0 Å². The van der Waals surface area contributed by atoms with Crippen LogP contribution in [0.4, 0.5) is 0 Å². The number of hydrogen-bond acceptors (Lipinski definition) is 0. The minimum Gasteiger partial charge on any atom is -0.0651 e. The monoisotopic (exact) mass is 212 g/mol. The Hall–Kier alpha value is 0. The molecule has 0 aliphatic carbocycles. The van der Waals surface area contributed by atoms with E-state index in [4.69, 9.17) is 0 Å². The maximum absolute atomic E-state index is 2.45. The molecule has 0 N–H and O–H groups in total. The van der Waals surface area contributed by atoms with Crippen molar-refractivity contribution in [3.8, 4) is 0 Å². The lowest BCUT2D eigenvalue weighted by Crippen LogP contribution is -2.23. The third kappa shape index (κ3) is 5.04. The molecule has 0 aliphatic rings. The van der Waals surface area contributed by atoms with Crippen molar-refractivity contribution in [2.45, 2.75) is 67.7 Å². The summed E-state index contributed by atoms with van der Waals surface area (Å²) < 4.78 is 0. The van der Waals surface area contributed by atoms with E-state index in [-0.39, 0.29) is 0 Å². The standard InChI is InChI=1S/C15H32/c1-8-11(3)10-13(5)15(7)14(6)12(4)9-2/h11-15H,8-10H2,1-7H3. The molecule has 0 radical (unpaired) electrons. The van der Waals surface area contributed by atoms with Crippen LogP contribution in [0.25, 0.3) is 0 Å². The van der Waals surface area contributed by atoms with Gasteiger partial charge in [-0.1, -0.05) is 61.3 Å². The van der Waals surface area contributed by atoms with Crippen molar-refractivity contribution in [3.63, 3.8) is 0 Å². The van der Waals surface area contributed by atoms with E-state index >= 15 is 0 Å². The lowest BCUT2D eigenvalue weighted by atomic mass is 9.75. The maximum Gasteiger partial charge on any atom is -0.0389 e. The van der Waals surface area contributed by atoms with Crippen LogP contribution in [0.5, 0.6) is 0 Å². The van der Waals surface area contributed by atoms with Gasteiger partial charge in [0.25, 0.3) is 0 Å². The van der Waals surface area contributed by atoms with Crippen LogP contribution in [0.1, 0.15) is 67.7 Å². The van der Waals surface area contributed by atoms with E-state index < -0.39 is 0 Å². The molecule has 0 amide bonds. The van der Waals surface area contributed by atoms with Crippen molar-refractivity contribution in [1.82, 2.24) is 0 Å². The molecular formula is C15H32. The average Bonchev–Trinajstić information content (AvgIpc) is 2.25. The Labute approximate surface area is 97.8 Å². The van der Waals surface area contributed by atoms with E-state index in [0.29, 0.717) is 0 Å². The Morgan fingerprint density at radius 3 is 1.53 bits per heavy atom. The van der Waals surface area contributed by atoms with Gasteiger partial charge >= 0.3 is 0 Å². The predicted octanol–water partition coefficient (Wildman–Crippen LogP) is 5.38. The number of rotatable bonds is 7. The third-order valence-electron chi connectivity index (χ3n) is 4.74. The Kier molecular flexibility index (Phi) is 7.30. The topological polar surface area (TPSA) is 0 Å². The lowest BCUT2D eigenvalue weighted by Gasteiger charge is -2.31. The molecule has 0 saturated heterocycles. The van der Waals surface area contributed by atoms with Crippen LogP contribution >= 0.6 is 0 Å². The van der Waals surface area contributed by atoms with Crippen molar-refractivity contribution >= 4 is 0 Å². The molecule has 0 heterocycles. The van der Waals surface area contributed by atoms with Gasteiger partial charge in [0.1, 0.15) is 0 Å². The van der Waals surface area contributed by atoms with E-state index in [1.165, 1.54) is 19.3 Å². The van der Waals surface area contributed by atoms with Crippen LogP contribution in [-0.2, 0) is 0 Å². The first kappa shape index (κ1) is 15.0. The first-order chi connectivity index (χ1) is 6.93. The normalized spacial score (nSPS) is 21.8. The van der Waals surface area contributed by atoms with Gasteiger partial charge in [0.15, 0.2) is 0 Å². The quantitative estimate of drug-likeness (QED) is 0.531. The zero-order valence-electron chi connectivity index (χ0n) is 12.0. The zero-order chi connectivity index (χ0) is 12.0. The summed E-state index contributed by atoms with van der Waals surface area (Å²) >= 11 is 0. The van der Waals surface area contributed by atoms with E-state index in [0.717, 1.165) is 29.6 Å². The molecule has 5 unspecified atom stereocenters. The van der Waals surface area contributed by atoms with E-state index in [1.54, 1.807) is 0 Å². The summed E-state index contributed by atoms with van der Waals surface area (Å²) in [6.45, 7) is 16.7. The Balaban J connectivity index is 4.12. The molecule has 0 saturated carbocycles. The highest BCUT2D eigenvalue weighted by molar-refractivity contribution is 4.73. The van der Waals surface area contributed by atoms with Crippen molar-refractivity contribution < 1.29 is 0 Å². The highest BCUT2D eigenvalue weighted by Gasteiger charge is 2.23. The van der Waals surface area contributed by atoms with E-state index in [9.17, 15) is 0 Å². The smallest absolute Gasteiger partial charge is 0.0389 e. The van der Waals surface area contributed by atoms with Crippen LogP contribution in [0.3, 0.4) is 0 Å². The summed E-state index contributed by atoms with van der Waals surface area (Å²) in [6.07, 6.45) is 4.05. The molecule has 0 aliphatic heterocycles. The van der Waals surface area contributed by atoms with Gasteiger partial charge in [-0.25, -0.2) is 0 Å². The Morgan fingerprint density at radius 2 is 1.13 bits per heavy atom. The SMILES string of the molecule is CCC(C)CC(C)C(C)C(C)C(C)CC. The molecule has 0 aromatic rings. The largest absolute Gasteiger partial charge is 0.0651 e. The van der Waals surface area contributed by atoms with Gasteiger partial charge in [-0.2, -0.15) is 0 Å². The van der Waals surface area contributed by atoms with Crippen LogP contribution in [-0.4, -0.2) is 0 Å². The van der Waals surface area contributed by atoms with Crippen LogP contribution in [0.2, 0.25) is 0 Å². The van der Waals surface area contributed by atoms with Gasteiger partial charge in [0.05, 0.1) is 0 Å². The second kappa shape index (κ2) is 7.30.